The topological polar surface area (TPSA) is 16.4 Å². The number of hydrogen-bond donors (Lipinski definition) is 0. The summed E-state index contributed by atoms with van der Waals surface area (Å²) in [4.78, 5) is 2.48. The Labute approximate surface area is 310 Å². The highest BCUT2D eigenvalue weighted by Crippen LogP contribution is 2.51. The van der Waals surface area contributed by atoms with Crippen LogP contribution in [0.1, 0.15) is 0 Å². The number of anilines is 3. The first-order chi connectivity index (χ1) is 26.3. The predicted molar refractivity (Wildman–Crippen MR) is 227 cm³/mol. The van der Waals surface area contributed by atoms with E-state index in [0.29, 0.717) is 0 Å². The van der Waals surface area contributed by atoms with E-state index in [1.165, 1.54) is 58.4 Å². The fourth-order valence-corrected chi connectivity index (χ4v) is 9.53. The molecule has 53 heavy (non-hydrogen) atoms. The van der Waals surface area contributed by atoms with Crippen LogP contribution in [0.25, 0.3) is 85.9 Å². The van der Waals surface area contributed by atoms with Gasteiger partial charge in [-0.15, -0.1) is 11.3 Å². The number of rotatable bonds is 5. The molecule has 0 aliphatic carbocycles. The minimum absolute atomic E-state index is 0.866. The van der Waals surface area contributed by atoms with Crippen LogP contribution < -0.4 is 4.90 Å². The minimum atomic E-state index is 0.866. The van der Waals surface area contributed by atoms with Gasteiger partial charge in [0.15, 0.2) is 0 Å². The second-order valence-electron chi connectivity index (χ2n) is 13.6. The van der Waals surface area contributed by atoms with Gasteiger partial charge in [-0.05, 0) is 81.2 Å². The molecule has 11 rings (SSSR count). The SMILES string of the molecule is c1ccc(N(c2ccccc2-c2cccc3sc4ccccc4c23)c2cccc3oc4ccccc4c23)c(-c2cc3ccccc3c3ccccc23)c1. The highest BCUT2D eigenvalue weighted by Gasteiger charge is 2.25. The van der Waals surface area contributed by atoms with Crippen molar-refractivity contribution in [2.24, 2.45) is 0 Å². The second-order valence-corrected chi connectivity index (χ2v) is 14.7. The third-order valence-electron chi connectivity index (χ3n) is 10.7. The molecule has 0 spiro atoms. The second kappa shape index (κ2) is 11.9. The molecule has 0 radical (unpaired) electrons. The molecule has 0 unspecified atom stereocenters. The average molecular weight is 694 g/mol. The number of furan rings is 1. The lowest BCUT2D eigenvalue weighted by Gasteiger charge is -2.31. The van der Waals surface area contributed by atoms with E-state index in [1.807, 2.05) is 17.4 Å². The lowest BCUT2D eigenvalue weighted by atomic mass is 9.91. The molecule has 0 saturated heterocycles. The van der Waals surface area contributed by atoms with Crippen LogP contribution in [0.15, 0.2) is 192 Å². The summed E-state index contributed by atoms with van der Waals surface area (Å²) in [5.74, 6) is 0. The molecule has 2 aromatic heterocycles. The summed E-state index contributed by atoms with van der Waals surface area (Å²) in [6, 6.07) is 68.0. The molecular formula is C50H31NOS. The van der Waals surface area contributed by atoms with Crippen LogP contribution in [0, 0.1) is 0 Å². The van der Waals surface area contributed by atoms with Crippen molar-refractivity contribution in [2.45, 2.75) is 0 Å². The van der Waals surface area contributed by atoms with Crippen molar-refractivity contribution in [3.8, 4) is 22.3 Å². The van der Waals surface area contributed by atoms with Crippen LogP contribution in [0.3, 0.4) is 0 Å². The maximum Gasteiger partial charge on any atom is 0.137 e. The van der Waals surface area contributed by atoms with Gasteiger partial charge < -0.3 is 9.32 Å². The molecule has 2 heterocycles. The average Bonchev–Trinajstić information content (AvgIpc) is 3.80. The fraction of sp³-hybridized carbons (Fsp3) is 0. The van der Waals surface area contributed by atoms with Crippen molar-refractivity contribution < 1.29 is 4.42 Å². The van der Waals surface area contributed by atoms with Gasteiger partial charge in [-0.25, -0.2) is 0 Å². The Kier molecular flexibility index (Phi) is 6.76. The van der Waals surface area contributed by atoms with Crippen LogP contribution in [-0.4, -0.2) is 0 Å². The van der Waals surface area contributed by atoms with E-state index in [1.54, 1.807) is 0 Å². The molecule has 0 saturated carbocycles. The Bertz CT molecular complexity index is 3200. The summed E-state index contributed by atoms with van der Waals surface area (Å²) >= 11 is 1.86. The van der Waals surface area contributed by atoms with E-state index < -0.39 is 0 Å². The van der Waals surface area contributed by atoms with Gasteiger partial charge >= 0.3 is 0 Å². The van der Waals surface area contributed by atoms with Crippen LogP contribution in [-0.2, 0) is 0 Å². The number of hydrogen-bond acceptors (Lipinski definition) is 3. The van der Waals surface area contributed by atoms with Gasteiger partial charge in [0.1, 0.15) is 11.2 Å². The summed E-state index contributed by atoms with van der Waals surface area (Å²) in [5, 5.41) is 9.74. The Morgan fingerprint density at radius 2 is 0.887 bits per heavy atom. The fourth-order valence-electron chi connectivity index (χ4n) is 8.40. The molecule has 248 valence electrons. The zero-order chi connectivity index (χ0) is 34.9. The smallest absolute Gasteiger partial charge is 0.137 e. The quantitative estimate of drug-likeness (QED) is 0.167. The van der Waals surface area contributed by atoms with Crippen molar-refractivity contribution >= 4 is 92.1 Å². The number of thiophene rings is 1. The van der Waals surface area contributed by atoms with Crippen LogP contribution >= 0.6 is 11.3 Å². The molecule has 9 aromatic carbocycles. The molecule has 0 N–H and O–H groups in total. The largest absolute Gasteiger partial charge is 0.456 e. The lowest BCUT2D eigenvalue weighted by molar-refractivity contribution is 0.669. The monoisotopic (exact) mass is 693 g/mol. The van der Waals surface area contributed by atoms with E-state index >= 15 is 0 Å². The molecular weight excluding hydrogens is 663 g/mol. The number of nitrogens with zero attached hydrogens (tertiary/aromatic N) is 1. The number of benzene rings is 9. The molecule has 0 bridgehead atoms. The van der Waals surface area contributed by atoms with E-state index in [2.05, 4.69) is 187 Å². The van der Waals surface area contributed by atoms with Gasteiger partial charge in [-0.2, -0.15) is 0 Å². The van der Waals surface area contributed by atoms with Crippen molar-refractivity contribution in [3.05, 3.63) is 188 Å². The van der Waals surface area contributed by atoms with Gasteiger partial charge in [0.05, 0.1) is 22.4 Å². The first kappa shape index (κ1) is 30.0. The highest BCUT2D eigenvalue weighted by molar-refractivity contribution is 7.25. The van der Waals surface area contributed by atoms with Gasteiger partial charge in [-0.1, -0.05) is 140 Å². The normalized spacial score (nSPS) is 11.8. The van der Waals surface area contributed by atoms with Crippen LogP contribution in [0.2, 0.25) is 0 Å². The summed E-state index contributed by atoms with van der Waals surface area (Å²) in [6.45, 7) is 0. The Balaban J connectivity index is 1.26. The Morgan fingerprint density at radius 1 is 0.340 bits per heavy atom. The van der Waals surface area contributed by atoms with E-state index in [-0.39, 0.29) is 0 Å². The molecule has 0 aliphatic rings. The first-order valence-electron chi connectivity index (χ1n) is 18.0. The molecule has 3 heteroatoms. The Hall–Kier alpha value is -6.68. The zero-order valence-corrected chi connectivity index (χ0v) is 29.5. The Morgan fingerprint density at radius 3 is 1.72 bits per heavy atom. The standard InChI is InChI=1S/C50H31NOS/c1-2-16-33-32(15-1)31-41(35-18-4-3-17-34(33)35)37-20-6-10-25-43(37)51(44-26-14-28-46-50(44)39-21-7-11-27-45(39)52-46)42-24-9-5-19-36(42)38-23-13-30-48-49(38)40-22-8-12-29-47(40)53-48/h1-31H. The van der Waals surface area contributed by atoms with Crippen molar-refractivity contribution in [3.63, 3.8) is 0 Å². The van der Waals surface area contributed by atoms with E-state index in [0.717, 1.165) is 44.6 Å². The molecule has 11 aromatic rings. The summed E-state index contributed by atoms with van der Waals surface area (Å²) in [7, 11) is 0. The molecule has 0 atom stereocenters. The van der Waals surface area contributed by atoms with Crippen LogP contribution in [0.5, 0.6) is 0 Å². The summed E-state index contributed by atoms with van der Waals surface area (Å²) in [5.41, 5.74) is 9.77. The van der Waals surface area contributed by atoms with E-state index in [9.17, 15) is 0 Å². The molecule has 0 fully saturated rings. The number of para-hydroxylation sites is 3. The lowest BCUT2D eigenvalue weighted by Crippen LogP contribution is -2.13. The summed E-state index contributed by atoms with van der Waals surface area (Å²) < 4.78 is 9.11. The molecule has 0 amide bonds. The van der Waals surface area contributed by atoms with Crippen molar-refractivity contribution in [1.29, 1.82) is 0 Å². The summed E-state index contributed by atoms with van der Waals surface area (Å²) in [6.07, 6.45) is 0. The van der Waals surface area contributed by atoms with Gasteiger partial charge in [-0.3, -0.25) is 0 Å². The maximum atomic E-state index is 6.52. The maximum absolute atomic E-state index is 6.52. The molecule has 0 aliphatic heterocycles. The van der Waals surface area contributed by atoms with Gasteiger partial charge in [0.25, 0.3) is 0 Å². The third kappa shape index (κ3) is 4.64. The van der Waals surface area contributed by atoms with Crippen molar-refractivity contribution in [2.75, 3.05) is 4.90 Å². The van der Waals surface area contributed by atoms with Crippen molar-refractivity contribution in [1.82, 2.24) is 0 Å². The van der Waals surface area contributed by atoms with Gasteiger partial charge in [0, 0.05) is 36.7 Å². The number of fused-ring (bicyclic) bond motifs is 9. The van der Waals surface area contributed by atoms with Gasteiger partial charge in [0.2, 0.25) is 0 Å². The van der Waals surface area contributed by atoms with E-state index in [4.69, 9.17) is 4.42 Å². The molecule has 2 nitrogen and oxygen atoms in total. The predicted octanol–water partition coefficient (Wildman–Crippen LogP) is 15.1. The third-order valence-corrected chi connectivity index (χ3v) is 11.8. The minimum Gasteiger partial charge on any atom is -0.456 e. The van der Waals surface area contributed by atoms with Crippen LogP contribution in [0.4, 0.5) is 17.1 Å². The first-order valence-corrected chi connectivity index (χ1v) is 18.8. The zero-order valence-electron chi connectivity index (χ0n) is 28.7. The highest BCUT2D eigenvalue weighted by atomic mass is 32.1.